The number of aliphatic hydroxyl groups excluding tert-OH is 1. The van der Waals surface area contributed by atoms with E-state index >= 15 is 0 Å². The van der Waals surface area contributed by atoms with E-state index in [-0.39, 0.29) is 6.10 Å². The molecule has 1 atom stereocenters. The SMILES string of the molecule is CC(O)CCN1CCCN(CCN)CC1. The summed E-state index contributed by atoms with van der Waals surface area (Å²) < 4.78 is 0. The van der Waals surface area contributed by atoms with Crippen LogP contribution in [0.5, 0.6) is 0 Å². The zero-order valence-corrected chi connectivity index (χ0v) is 9.86. The third kappa shape index (κ3) is 5.47. The second kappa shape index (κ2) is 7.17. The molecule has 0 aromatic heterocycles. The van der Waals surface area contributed by atoms with Gasteiger partial charge < -0.3 is 20.6 Å². The summed E-state index contributed by atoms with van der Waals surface area (Å²) in [6.07, 6.45) is 1.94. The van der Waals surface area contributed by atoms with Gasteiger partial charge in [0.05, 0.1) is 6.10 Å². The van der Waals surface area contributed by atoms with Gasteiger partial charge in [-0.3, -0.25) is 0 Å². The summed E-state index contributed by atoms with van der Waals surface area (Å²) in [5.74, 6) is 0. The number of nitrogens with two attached hydrogens (primary N) is 1. The van der Waals surface area contributed by atoms with Crippen LogP contribution < -0.4 is 5.73 Å². The first-order valence-corrected chi connectivity index (χ1v) is 6.05. The van der Waals surface area contributed by atoms with E-state index in [1.807, 2.05) is 6.92 Å². The van der Waals surface area contributed by atoms with Crippen LogP contribution in [0.4, 0.5) is 0 Å². The summed E-state index contributed by atoms with van der Waals surface area (Å²) in [4.78, 5) is 4.88. The monoisotopic (exact) mass is 215 g/mol. The second-order valence-electron chi connectivity index (χ2n) is 4.46. The van der Waals surface area contributed by atoms with Crippen LogP contribution in [0, 0.1) is 0 Å². The summed E-state index contributed by atoms with van der Waals surface area (Å²) in [6, 6.07) is 0. The highest BCUT2D eigenvalue weighted by atomic mass is 16.3. The molecule has 0 saturated carbocycles. The van der Waals surface area contributed by atoms with Crippen molar-refractivity contribution in [2.24, 2.45) is 5.73 Å². The van der Waals surface area contributed by atoms with Crippen molar-refractivity contribution >= 4 is 0 Å². The molecule has 0 amide bonds. The topological polar surface area (TPSA) is 52.7 Å². The number of rotatable bonds is 5. The average molecular weight is 215 g/mol. The molecule has 0 aliphatic carbocycles. The van der Waals surface area contributed by atoms with Gasteiger partial charge in [0, 0.05) is 32.7 Å². The van der Waals surface area contributed by atoms with Crippen molar-refractivity contribution in [1.82, 2.24) is 9.80 Å². The van der Waals surface area contributed by atoms with Gasteiger partial charge in [-0.15, -0.1) is 0 Å². The molecule has 15 heavy (non-hydrogen) atoms. The Hall–Kier alpha value is -0.160. The summed E-state index contributed by atoms with van der Waals surface area (Å²) in [5.41, 5.74) is 5.56. The molecule has 1 aliphatic rings. The lowest BCUT2D eigenvalue weighted by Crippen LogP contribution is -2.34. The average Bonchev–Trinajstić information content (AvgIpc) is 2.41. The quantitative estimate of drug-likeness (QED) is 0.662. The first kappa shape index (κ1) is 12.9. The number of nitrogens with zero attached hydrogens (tertiary/aromatic N) is 2. The van der Waals surface area contributed by atoms with Gasteiger partial charge in [0.1, 0.15) is 0 Å². The van der Waals surface area contributed by atoms with Gasteiger partial charge in [-0.25, -0.2) is 0 Å². The number of hydrogen-bond donors (Lipinski definition) is 2. The molecule has 4 nitrogen and oxygen atoms in total. The maximum absolute atomic E-state index is 9.24. The fourth-order valence-corrected chi connectivity index (χ4v) is 2.02. The van der Waals surface area contributed by atoms with Crippen molar-refractivity contribution in [2.75, 3.05) is 45.8 Å². The van der Waals surface area contributed by atoms with E-state index in [2.05, 4.69) is 9.80 Å². The van der Waals surface area contributed by atoms with Crippen molar-refractivity contribution in [2.45, 2.75) is 25.9 Å². The molecule has 1 saturated heterocycles. The summed E-state index contributed by atoms with van der Waals surface area (Å²) >= 11 is 0. The highest BCUT2D eigenvalue weighted by Crippen LogP contribution is 2.04. The van der Waals surface area contributed by atoms with Crippen LogP contribution in [0.15, 0.2) is 0 Å². The van der Waals surface area contributed by atoms with Crippen LogP contribution in [0.2, 0.25) is 0 Å². The number of aliphatic hydroxyl groups is 1. The van der Waals surface area contributed by atoms with Crippen LogP contribution in [0.1, 0.15) is 19.8 Å². The Labute approximate surface area is 93.0 Å². The predicted molar refractivity (Wildman–Crippen MR) is 62.8 cm³/mol. The summed E-state index contributed by atoms with van der Waals surface area (Å²) in [6.45, 7) is 9.23. The molecular formula is C11H25N3O. The maximum Gasteiger partial charge on any atom is 0.0524 e. The Kier molecular flexibility index (Phi) is 6.17. The highest BCUT2D eigenvalue weighted by Gasteiger charge is 2.13. The Morgan fingerprint density at radius 2 is 1.73 bits per heavy atom. The lowest BCUT2D eigenvalue weighted by atomic mass is 10.2. The van der Waals surface area contributed by atoms with Crippen molar-refractivity contribution in [3.63, 3.8) is 0 Å². The van der Waals surface area contributed by atoms with Crippen molar-refractivity contribution in [1.29, 1.82) is 0 Å². The van der Waals surface area contributed by atoms with Gasteiger partial charge in [-0.2, -0.15) is 0 Å². The largest absolute Gasteiger partial charge is 0.393 e. The Balaban J connectivity index is 2.20. The molecule has 1 unspecified atom stereocenters. The molecule has 0 bridgehead atoms. The Bertz CT molecular complexity index is 164. The molecule has 90 valence electrons. The molecular weight excluding hydrogens is 190 g/mol. The van der Waals surface area contributed by atoms with Gasteiger partial charge in [-0.05, 0) is 32.9 Å². The van der Waals surface area contributed by atoms with Crippen molar-refractivity contribution < 1.29 is 5.11 Å². The molecule has 0 radical (unpaired) electrons. The first-order chi connectivity index (χ1) is 7.22. The van der Waals surface area contributed by atoms with Gasteiger partial charge >= 0.3 is 0 Å². The third-order valence-electron chi connectivity index (χ3n) is 2.99. The van der Waals surface area contributed by atoms with Crippen molar-refractivity contribution in [3.8, 4) is 0 Å². The van der Waals surface area contributed by atoms with E-state index in [1.54, 1.807) is 0 Å². The van der Waals surface area contributed by atoms with Crippen LogP contribution in [0.25, 0.3) is 0 Å². The van der Waals surface area contributed by atoms with E-state index in [1.165, 1.54) is 13.0 Å². The van der Waals surface area contributed by atoms with Crippen LogP contribution in [0.3, 0.4) is 0 Å². The molecule has 0 aromatic rings. The minimum absolute atomic E-state index is 0.173. The lowest BCUT2D eigenvalue weighted by Gasteiger charge is -2.21. The summed E-state index contributed by atoms with van der Waals surface area (Å²) in [5, 5.41) is 9.24. The first-order valence-electron chi connectivity index (χ1n) is 6.05. The standard InChI is InChI=1S/C11H25N3O/c1-11(15)3-7-13-5-2-6-14(8-4-12)10-9-13/h11,15H,2-10,12H2,1H3. The van der Waals surface area contributed by atoms with Gasteiger partial charge in [0.25, 0.3) is 0 Å². The lowest BCUT2D eigenvalue weighted by molar-refractivity contribution is 0.157. The normalized spacial score (nSPS) is 22.6. The molecule has 0 spiro atoms. The highest BCUT2D eigenvalue weighted by molar-refractivity contribution is 4.70. The molecule has 3 N–H and O–H groups in total. The van der Waals surface area contributed by atoms with E-state index in [0.29, 0.717) is 0 Å². The van der Waals surface area contributed by atoms with Gasteiger partial charge in [0.15, 0.2) is 0 Å². The molecule has 1 rings (SSSR count). The minimum atomic E-state index is -0.173. The van der Waals surface area contributed by atoms with Crippen LogP contribution in [-0.4, -0.2) is 66.8 Å². The zero-order chi connectivity index (χ0) is 11.1. The smallest absolute Gasteiger partial charge is 0.0524 e. The second-order valence-corrected chi connectivity index (χ2v) is 4.46. The molecule has 1 aliphatic heterocycles. The Morgan fingerprint density at radius 1 is 1.13 bits per heavy atom. The van der Waals surface area contributed by atoms with E-state index in [4.69, 9.17) is 5.73 Å². The fourth-order valence-electron chi connectivity index (χ4n) is 2.02. The molecule has 4 heteroatoms. The van der Waals surface area contributed by atoms with E-state index in [9.17, 15) is 5.11 Å². The molecule has 1 fully saturated rings. The van der Waals surface area contributed by atoms with E-state index < -0.39 is 0 Å². The number of hydrogen-bond acceptors (Lipinski definition) is 4. The fraction of sp³-hybridized carbons (Fsp3) is 1.00. The predicted octanol–water partition coefficient (Wildman–Crippen LogP) is -0.276. The van der Waals surface area contributed by atoms with Gasteiger partial charge in [0.2, 0.25) is 0 Å². The van der Waals surface area contributed by atoms with Crippen LogP contribution >= 0.6 is 0 Å². The van der Waals surface area contributed by atoms with Crippen LogP contribution in [-0.2, 0) is 0 Å². The zero-order valence-electron chi connectivity index (χ0n) is 9.86. The van der Waals surface area contributed by atoms with Gasteiger partial charge in [-0.1, -0.05) is 0 Å². The summed E-state index contributed by atoms with van der Waals surface area (Å²) in [7, 11) is 0. The molecule has 1 heterocycles. The van der Waals surface area contributed by atoms with Crippen molar-refractivity contribution in [3.05, 3.63) is 0 Å². The molecule has 0 aromatic carbocycles. The van der Waals surface area contributed by atoms with E-state index in [0.717, 1.165) is 45.7 Å². The minimum Gasteiger partial charge on any atom is -0.393 e. The Morgan fingerprint density at radius 3 is 2.27 bits per heavy atom. The maximum atomic E-state index is 9.24. The third-order valence-corrected chi connectivity index (χ3v) is 2.99.